The highest BCUT2D eigenvalue weighted by Crippen LogP contribution is 2.31. The molecule has 0 aromatic heterocycles. The zero-order valence-electron chi connectivity index (χ0n) is 19.7. The van der Waals surface area contributed by atoms with E-state index in [0.29, 0.717) is 11.1 Å². The Hall–Kier alpha value is -2.70. The van der Waals surface area contributed by atoms with Gasteiger partial charge in [-0.05, 0) is 43.7 Å². The number of hydrogen-bond acceptors (Lipinski definition) is 4. The summed E-state index contributed by atoms with van der Waals surface area (Å²) in [7, 11) is 0. The van der Waals surface area contributed by atoms with E-state index in [1.165, 1.54) is 11.3 Å². The van der Waals surface area contributed by atoms with Crippen LogP contribution in [0.25, 0.3) is 0 Å². The monoisotopic (exact) mass is 453 g/mol. The molecule has 1 aromatic carbocycles. The van der Waals surface area contributed by atoms with Gasteiger partial charge in [-0.3, -0.25) is 24.2 Å². The molecule has 2 aliphatic carbocycles. The van der Waals surface area contributed by atoms with Crippen LogP contribution in [-0.4, -0.2) is 51.7 Å². The first-order valence-corrected chi connectivity index (χ1v) is 12.5. The fourth-order valence-electron chi connectivity index (χ4n) is 5.57. The number of carbonyl (C=O) groups excluding carboxylic acids is 4. The largest absolute Gasteiger partial charge is 0.335 e. The summed E-state index contributed by atoms with van der Waals surface area (Å²) in [5, 5.41) is 3.10. The van der Waals surface area contributed by atoms with Crippen molar-refractivity contribution in [3.05, 3.63) is 35.4 Å². The predicted molar refractivity (Wildman–Crippen MR) is 125 cm³/mol. The maximum Gasteiger partial charge on any atom is 0.324 e. The smallest absolute Gasteiger partial charge is 0.324 e. The van der Waals surface area contributed by atoms with E-state index in [1.807, 2.05) is 13.8 Å². The summed E-state index contributed by atoms with van der Waals surface area (Å²) >= 11 is 0. The number of nitrogens with one attached hydrogen (secondary N) is 1. The molecule has 1 heterocycles. The van der Waals surface area contributed by atoms with E-state index in [9.17, 15) is 19.2 Å². The van der Waals surface area contributed by atoms with Crippen molar-refractivity contribution in [3.8, 4) is 0 Å². The van der Waals surface area contributed by atoms with Crippen LogP contribution in [0.5, 0.6) is 0 Å². The highest BCUT2D eigenvalue weighted by atomic mass is 16.2. The summed E-state index contributed by atoms with van der Waals surface area (Å²) in [4.78, 5) is 56.3. The topological polar surface area (TPSA) is 86.8 Å². The van der Waals surface area contributed by atoms with Crippen molar-refractivity contribution in [2.75, 3.05) is 0 Å². The molecule has 4 rings (SSSR count). The summed E-state index contributed by atoms with van der Waals surface area (Å²) in [6.07, 6.45) is 9.71. The maximum atomic E-state index is 14.0. The summed E-state index contributed by atoms with van der Waals surface area (Å²) in [5.74, 6) is -1.69. The number of amides is 5. The Morgan fingerprint density at radius 2 is 1.39 bits per heavy atom. The molecular formula is C26H35N3O4. The molecule has 7 nitrogen and oxygen atoms in total. The number of nitrogens with zero attached hydrogens (tertiary/aromatic N) is 2. The third-order valence-corrected chi connectivity index (χ3v) is 7.32. The second-order valence-electron chi connectivity index (χ2n) is 10.00. The summed E-state index contributed by atoms with van der Waals surface area (Å²) in [6.45, 7) is 3.65. The van der Waals surface area contributed by atoms with Crippen LogP contribution >= 0.6 is 0 Å². The van der Waals surface area contributed by atoms with Crippen molar-refractivity contribution in [1.29, 1.82) is 0 Å². The molecule has 2 fully saturated rings. The molecule has 3 aliphatic rings. The van der Waals surface area contributed by atoms with Crippen molar-refractivity contribution in [2.45, 2.75) is 96.2 Å². The summed E-state index contributed by atoms with van der Waals surface area (Å²) in [6, 6.07) is 5.14. The number of rotatable bonds is 5. The van der Waals surface area contributed by atoms with Crippen LogP contribution in [-0.2, 0) is 4.79 Å². The summed E-state index contributed by atoms with van der Waals surface area (Å²) in [5.41, 5.74) is 0.633. The lowest BCUT2D eigenvalue weighted by Gasteiger charge is -2.39. The van der Waals surface area contributed by atoms with Crippen molar-refractivity contribution in [3.63, 3.8) is 0 Å². The maximum absolute atomic E-state index is 14.0. The van der Waals surface area contributed by atoms with Crippen LogP contribution in [0.3, 0.4) is 0 Å². The van der Waals surface area contributed by atoms with Crippen LogP contribution in [0.1, 0.15) is 98.8 Å². The number of benzene rings is 1. The standard InChI is InChI=1S/C26H35N3O4/c1-17(2)22(29-23(30)20-15-9-10-16-21(20)24(29)31)25(32)28(19-13-7-4-8-14-19)26(33)27-18-11-5-3-6-12-18/h9-10,15-19,22H,3-8,11-14H2,1-2H3,(H,27,33)/t22-/m1/s1. The second-order valence-corrected chi connectivity index (χ2v) is 10.00. The molecular weight excluding hydrogens is 418 g/mol. The van der Waals surface area contributed by atoms with Crippen molar-refractivity contribution >= 4 is 23.8 Å². The SMILES string of the molecule is CC(C)[C@H](C(=O)N(C(=O)NC1CCCCC1)C1CCCCC1)N1C(=O)c2ccccc2C1=O. The molecule has 0 spiro atoms. The van der Waals surface area contributed by atoms with E-state index < -0.39 is 23.8 Å². The fourth-order valence-corrected chi connectivity index (χ4v) is 5.57. The molecule has 0 saturated heterocycles. The van der Waals surface area contributed by atoms with Crippen LogP contribution in [0.2, 0.25) is 0 Å². The average molecular weight is 454 g/mol. The molecule has 178 valence electrons. The molecule has 5 amide bonds. The lowest BCUT2D eigenvalue weighted by Crippen LogP contribution is -2.60. The van der Waals surface area contributed by atoms with Gasteiger partial charge in [0.05, 0.1) is 11.1 Å². The average Bonchev–Trinajstić information content (AvgIpc) is 3.06. The minimum atomic E-state index is -1.02. The van der Waals surface area contributed by atoms with Gasteiger partial charge in [0.2, 0.25) is 0 Å². The van der Waals surface area contributed by atoms with E-state index in [1.54, 1.807) is 24.3 Å². The molecule has 1 aromatic rings. The number of imide groups is 2. The molecule has 1 atom stereocenters. The molecule has 0 unspecified atom stereocenters. The van der Waals surface area contributed by atoms with E-state index in [2.05, 4.69) is 5.32 Å². The lowest BCUT2D eigenvalue weighted by molar-refractivity contribution is -0.136. The number of hydrogen-bond donors (Lipinski definition) is 1. The Balaban J connectivity index is 1.63. The van der Waals surface area contributed by atoms with Gasteiger partial charge in [0.1, 0.15) is 6.04 Å². The van der Waals surface area contributed by atoms with E-state index >= 15 is 0 Å². The molecule has 1 N–H and O–H groups in total. The highest BCUT2D eigenvalue weighted by Gasteiger charge is 2.47. The summed E-state index contributed by atoms with van der Waals surface area (Å²) < 4.78 is 0. The Morgan fingerprint density at radius 1 is 0.879 bits per heavy atom. The van der Waals surface area contributed by atoms with Gasteiger partial charge in [0.25, 0.3) is 17.7 Å². The third kappa shape index (κ3) is 4.68. The van der Waals surface area contributed by atoms with Crippen LogP contribution in [0.15, 0.2) is 24.3 Å². The molecule has 33 heavy (non-hydrogen) atoms. The van der Waals surface area contributed by atoms with Crippen molar-refractivity contribution in [1.82, 2.24) is 15.1 Å². The number of carbonyl (C=O) groups is 4. The van der Waals surface area contributed by atoms with Gasteiger partial charge in [-0.1, -0.05) is 64.5 Å². The molecule has 7 heteroatoms. The molecule has 2 saturated carbocycles. The normalized spacial score (nSPS) is 20.6. The van der Waals surface area contributed by atoms with Crippen LogP contribution < -0.4 is 5.32 Å². The Labute approximate surface area is 195 Å². The third-order valence-electron chi connectivity index (χ3n) is 7.32. The van der Waals surface area contributed by atoms with Gasteiger partial charge in [0.15, 0.2) is 0 Å². The fraction of sp³-hybridized carbons (Fsp3) is 0.615. The first kappa shape index (κ1) is 23.5. The van der Waals surface area contributed by atoms with Gasteiger partial charge in [-0.25, -0.2) is 4.79 Å². The Morgan fingerprint density at radius 3 is 1.91 bits per heavy atom. The number of fused-ring (bicyclic) bond motifs is 1. The zero-order chi connectivity index (χ0) is 23.5. The van der Waals surface area contributed by atoms with E-state index in [4.69, 9.17) is 0 Å². The minimum Gasteiger partial charge on any atom is -0.335 e. The van der Waals surface area contributed by atoms with Crippen LogP contribution in [0.4, 0.5) is 4.79 Å². The quantitative estimate of drug-likeness (QED) is 0.665. The molecule has 1 aliphatic heterocycles. The van der Waals surface area contributed by atoms with Gasteiger partial charge < -0.3 is 5.32 Å². The van der Waals surface area contributed by atoms with Gasteiger partial charge in [0, 0.05) is 12.1 Å². The van der Waals surface area contributed by atoms with Crippen LogP contribution in [0, 0.1) is 5.92 Å². The second kappa shape index (κ2) is 10.1. The van der Waals surface area contributed by atoms with Gasteiger partial charge >= 0.3 is 6.03 Å². The first-order valence-electron chi connectivity index (χ1n) is 12.5. The Kier molecular flexibility index (Phi) is 7.15. The van der Waals surface area contributed by atoms with Gasteiger partial charge in [-0.2, -0.15) is 0 Å². The van der Waals surface area contributed by atoms with Crippen molar-refractivity contribution in [2.24, 2.45) is 5.92 Å². The Bertz CT molecular complexity index is 881. The molecule has 0 bridgehead atoms. The van der Waals surface area contributed by atoms with E-state index in [0.717, 1.165) is 62.7 Å². The lowest BCUT2D eigenvalue weighted by atomic mass is 9.92. The highest BCUT2D eigenvalue weighted by molar-refractivity contribution is 6.23. The minimum absolute atomic E-state index is 0.0712. The van der Waals surface area contributed by atoms with Crippen molar-refractivity contribution < 1.29 is 19.2 Å². The zero-order valence-corrected chi connectivity index (χ0v) is 19.7. The molecule has 0 radical (unpaired) electrons. The predicted octanol–water partition coefficient (Wildman–Crippen LogP) is 4.51. The number of urea groups is 1. The van der Waals surface area contributed by atoms with E-state index in [-0.39, 0.29) is 24.0 Å². The van der Waals surface area contributed by atoms with Gasteiger partial charge in [-0.15, -0.1) is 0 Å². The first-order chi connectivity index (χ1) is 15.9.